The predicted molar refractivity (Wildman–Crippen MR) is 98.0 cm³/mol. The molecule has 0 spiro atoms. The van der Waals surface area contributed by atoms with Gasteiger partial charge in [-0.05, 0) is 31.0 Å². The summed E-state index contributed by atoms with van der Waals surface area (Å²) in [6, 6.07) is 9.27. The van der Waals surface area contributed by atoms with Gasteiger partial charge in [-0.1, -0.05) is 12.1 Å². The maximum atomic E-state index is 12.4. The van der Waals surface area contributed by atoms with Gasteiger partial charge in [0.15, 0.2) is 0 Å². The zero-order chi connectivity index (χ0) is 17.4. The Morgan fingerprint density at radius 2 is 2.04 bits per heavy atom. The van der Waals surface area contributed by atoms with Gasteiger partial charge in [0.1, 0.15) is 11.6 Å². The van der Waals surface area contributed by atoms with Crippen molar-refractivity contribution in [3.05, 3.63) is 52.7 Å². The van der Waals surface area contributed by atoms with Crippen LogP contribution in [0.15, 0.2) is 41.3 Å². The van der Waals surface area contributed by atoms with E-state index in [0.717, 1.165) is 30.7 Å². The van der Waals surface area contributed by atoms with Gasteiger partial charge in [0.25, 0.3) is 5.56 Å². The highest BCUT2D eigenvalue weighted by Gasteiger charge is 2.30. The van der Waals surface area contributed by atoms with Crippen LogP contribution in [0.4, 0.5) is 11.8 Å². The monoisotopic (exact) mass is 336 g/mol. The molecule has 0 aliphatic carbocycles. The molecule has 1 aliphatic heterocycles. The summed E-state index contributed by atoms with van der Waals surface area (Å²) in [5, 5.41) is 0.613. The van der Waals surface area contributed by atoms with Gasteiger partial charge < -0.3 is 14.8 Å². The lowest BCUT2D eigenvalue weighted by Gasteiger charge is -2.25. The summed E-state index contributed by atoms with van der Waals surface area (Å²) < 4.78 is 0. The molecule has 7 nitrogen and oxygen atoms in total. The lowest BCUT2D eigenvalue weighted by Crippen LogP contribution is -2.28. The molecule has 0 amide bonds. The molecule has 1 aliphatic rings. The number of rotatable bonds is 3. The highest BCUT2D eigenvalue weighted by atomic mass is 16.1. The summed E-state index contributed by atoms with van der Waals surface area (Å²) >= 11 is 0. The predicted octanol–water partition coefficient (Wildman–Crippen LogP) is 2.12. The first kappa shape index (κ1) is 15.6. The number of aromatic nitrogens is 4. The van der Waals surface area contributed by atoms with Gasteiger partial charge in [0.2, 0.25) is 5.95 Å². The number of nitrogens with one attached hydrogen (secondary N) is 1. The van der Waals surface area contributed by atoms with Crippen LogP contribution in [0.2, 0.25) is 0 Å². The van der Waals surface area contributed by atoms with Crippen LogP contribution in [0.1, 0.15) is 24.7 Å². The topological polar surface area (TPSA) is 78.0 Å². The van der Waals surface area contributed by atoms with E-state index in [-0.39, 0.29) is 11.6 Å². The molecule has 1 unspecified atom stereocenters. The first-order valence-corrected chi connectivity index (χ1v) is 8.39. The summed E-state index contributed by atoms with van der Waals surface area (Å²) in [6.45, 7) is 0.845. The minimum atomic E-state index is -0.101. The molecular formula is C18H20N6O. The van der Waals surface area contributed by atoms with E-state index in [2.05, 4.69) is 24.8 Å². The Morgan fingerprint density at radius 1 is 1.20 bits per heavy atom. The van der Waals surface area contributed by atoms with Crippen molar-refractivity contribution in [3.8, 4) is 0 Å². The van der Waals surface area contributed by atoms with E-state index >= 15 is 0 Å². The Morgan fingerprint density at radius 3 is 2.88 bits per heavy atom. The minimum Gasteiger partial charge on any atom is -0.363 e. The van der Waals surface area contributed by atoms with E-state index in [1.54, 1.807) is 12.3 Å². The quantitative estimate of drug-likeness (QED) is 0.789. The highest BCUT2D eigenvalue weighted by molar-refractivity contribution is 5.77. The summed E-state index contributed by atoms with van der Waals surface area (Å²) in [7, 11) is 3.91. The molecule has 1 N–H and O–H groups in total. The number of hydrogen-bond acceptors (Lipinski definition) is 6. The van der Waals surface area contributed by atoms with Crippen LogP contribution >= 0.6 is 0 Å². The minimum absolute atomic E-state index is 0.0188. The Kier molecular flexibility index (Phi) is 3.83. The van der Waals surface area contributed by atoms with Gasteiger partial charge in [0, 0.05) is 26.8 Å². The second-order valence-corrected chi connectivity index (χ2v) is 6.43. The van der Waals surface area contributed by atoms with Gasteiger partial charge in [-0.2, -0.15) is 4.98 Å². The maximum Gasteiger partial charge on any atom is 0.258 e. The Bertz CT molecular complexity index is 967. The Balaban J connectivity index is 1.75. The molecule has 128 valence electrons. The molecular weight excluding hydrogens is 316 g/mol. The van der Waals surface area contributed by atoms with Crippen LogP contribution in [0.25, 0.3) is 10.9 Å². The van der Waals surface area contributed by atoms with Crippen molar-refractivity contribution in [2.45, 2.75) is 18.9 Å². The highest BCUT2D eigenvalue weighted by Crippen LogP contribution is 2.33. The van der Waals surface area contributed by atoms with Crippen molar-refractivity contribution < 1.29 is 0 Å². The number of nitrogens with zero attached hydrogens (tertiary/aromatic N) is 5. The zero-order valence-corrected chi connectivity index (χ0v) is 14.3. The first-order valence-electron chi connectivity index (χ1n) is 8.39. The average Bonchev–Trinajstić information content (AvgIpc) is 3.11. The van der Waals surface area contributed by atoms with Crippen LogP contribution in [-0.4, -0.2) is 40.6 Å². The van der Waals surface area contributed by atoms with Crippen molar-refractivity contribution in [3.63, 3.8) is 0 Å². The van der Waals surface area contributed by atoms with E-state index in [9.17, 15) is 4.79 Å². The third kappa shape index (κ3) is 2.82. The zero-order valence-electron chi connectivity index (χ0n) is 14.3. The number of para-hydroxylation sites is 1. The van der Waals surface area contributed by atoms with Crippen LogP contribution in [-0.2, 0) is 0 Å². The summed E-state index contributed by atoms with van der Waals surface area (Å²) in [4.78, 5) is 33.2. The molecule has 3 aromatic rings. The van der Waals surface area contributed by atoms with Crippen LogP contribution < -0.4 is 15.4 Å². The van der Waals surface area contributed by atoms with Crippen molar-refractivity contribution >= 4 is 22.7 Å². The summed E-state index contributed by atoms with van der Waals surface area (Å²) in [5.41, 5.74) is 0.617. The second-order valence-electron chi connectivity index (χ2n) is 6.43. The Labute approximate surface area is 145 Å². The Hall–Kier alpha value is -2.96. The van der Waals surface area contributed by atoms with Crippen molar-refractivity contribution in [2.75, 3.05) is 30.4 Å². The molecule has 1 saturated heterocycles. The smallest absolute Gasteiger partial charge is 0.258 e. The molecule has 25 heavy (non-hydrogen) atoms. The van der Waals surface area contributed by atoms with Crippen molar-refractivity contribution in [2.24, 2.45) is 0 Å². The summed E-state index contributed by atoms with van der Waals surface area (Å²) in [6.07, 6.45) is 3.69. The number of H-pyrrole nitrogens is 1. The average molecular weight is 336 g/mol. The number of aromatic amines is 1. The van der Waals surface area contributed by atoms with E-state index in [1.165, 1.54) is 0 Å². The van der Waals surface area contributed by atoms with E-state index in [1.807, 2.05) is 43.3 Å². The molecule has 3 heterocycles. The van der Waals surface area contributed by atoms with Crippen molar-refractivity contribution in [1.82, 2.24) is 19.9 Å². The van der Waals surface area contributed by atoms with E-state index in [4.69, 9.17) is 0 Å². The molecule has 0 bridgehead atoms. The number of fused-ring (bicyclic) bond motifs is 1. The molecule has 0 radical (unpaired) electrons. The van der Waals surface area contributed by atoms with E-state index in [0.29, 0.717) is 17.2 Å². The van der Waals surface area contributed by atoms with Gasteiger partial charge in [-0.15, -0.1) is 0 Å². The fourth-order valence-corrected chi connectivity index (χ4v) is 3.28. The SMILES string of the molecule is CN(C)c1ccnc(N2CCCC2c2nc3ccccc3c(=O)[nH]2)n1. The molecule has 0 saturated carbocycles. The number of benzene rings is 1. The van der Waals surface area contributed by atoms with Gasteiger partial charge in [0.05, 0.1) is 16.9 Å². The maximum absolute atomic E-state index is 12.4. The van der Waals surface area contributed by atoms with Gasteiger partial charge in [-0.25, -0.2) is 9.97 Å². The fraction of sp³-hybridized carbons (Fsp3) is 0.333. The standard InChI is InChI=1S/C18H20N6O/c1-23(2)15-9-10-19-18(21-15)24-11-5-8-14(24)16-20-13-7-4-3-6-12(13)17(25)22-16/h3-4,6-7,9-10,14H,5,8,11H2,1-2H3,(H,20,22,25). The summed E-state index contributed by atoms with van der Waals surface area (Å²) in [5.74, 6) is 2.21. The third-order valence-electron chi connectivity index (χ3n) is 4.54. The van der Waals surface area contributed by atoms with Crippen LogP contribution in [0.3, 0.4) is 0 Å². The lowest BCUT2D eigenvalue weighted by molar-refractivity contribution is 0.654. The number of anilines is 2. The van der Waals surface area contributed by atoms with Crippen LogP contribution in [0, 0.1) is 0 Å². The normalized spacial score (nSPS) is 17.2. The van der Waals surface area contributed by atoms with Gasteiger partial charge in [-0.3, -0.25) is 4.79 Å². The first-order chi connectivity index (χ1) is 12.1. The second kappa shape index (κ2) is 6.16. The molecule has 1 atom stereocenters. The van der Waals surface area contributed by atoms with Crippen LogP contribution in [0.5, 0.6) is 0 Å². The molecule has 1 fully saturated rings. The molecule has 7 heteroatoms. The molecule has 1 aromatic carbocycles. The van der Waals surface area contributed by atoms with Gasteiger partial charge >= 0.3 is 0 Å². The third-order valence-corrected chi connectivity index (χ3v) is 4.54. The largest absolute Gasteiger partial charge is 0.363 e. The molecule has 2 aromatic heterocycles. The number of hydrogen-bond donors (Lipinski definition) is 1. The fourth-order valence-electron chi connectivity index (χ4n) is 3.28. The lowest BCUT2D eigenvalue weighted by atomic mass is 10.2. The van der Waals surface area contributed by atoms with E-state index < -0.39 is 0 Å². The van der Waals surface area contributed by atoms with Crippen molar-refractivity contribution in [1.29, 1.82) is 0 Å². The molecule has 4 rings (SSSR count).